The van der Waals surface area contributed by atoms with E-state index in [1.165, 1.54) is 39.0 Å². The lowest BCUT2D eigenvalue weighted by Crippen LogP contribution is -2.51. The molecule has 0 radical (unpaired) electrons. The van der Waals surface area contributed by atoms with Crippen molar-refractivity contribution >= 4 is 0 Å². The van der Waals surface area contributed by atoms with E-state index in [0.29, 0.717) is 0 Å². The lowest BCUT2D eigenvalue weighted by molar-refractivity contribution is -0.0124. The van der Waals surface area contributed by atoms with Crippen molar-refractivity contribution in [3.8, 4) is 0 Å². The van der Waals surface area contributed by atoms with Gasteiger partial charge in [0.05, 0.1) is 5.60 Å². The number of aliphatic hydroxyl groups is 1. The van der Waals surface area contributed by atoms with Crippen LogP contribution in [0.4, 0.5) is 0 Å². The lowest BCUT2D eigenvalue weighted by Gasteiger charge is -2.42. The van der Waals surface area contributed by atoms with Crippen molar-refractivity contribution in [1.82, 2.24) is 9.80 Å². The summed E-state index contributed by atoms with van der Waals surface area (Å²) in [6.07, 6.45) is 4.31. The van der Waals surface area contributed by atoms with Crippen LogP contribution >= 0.6 is 0 Å². The number of hydrogen-bond donors (Lipinski definition) is 1. The predicted molar refractivity (Wildman–Crippen MR) is 61.9 cm³/mol. The van der Waals surface area contributed by atoms with Crippen molar-refractivity contribution in [2.24, 2.45) is 0 Å². The standard InChI is InChI=1S/C12H24N2O/c1-12(15)5-3-11(4-6-12)14-9-7-13(2)8-10-14/h11,15H,3-10H2,1-2H3. The summed E-state index contributed by atoms with van der Waals surface area (Å²) in [7, 11) is 2.20. The second-order valence-corrected chi connectivity index (χ2v) is 5.57. The summed E-state index contributed by atoms with van der Waals surface area (Å²) in [5.41, 5.74) is -0.386. The number of nitrogens with zero attached hydrogens (tertiary/aromatic N) is 2. The molecule has 0 aromatic heterocycles. The van der Waals surface area contributed by atoms with Crippen LogP contribution in [0.1, 0.15) is 32.6 Å². The summed E-state index contributed by atoms with van der Waals surface area (Å²) in [5, 5.41) is 9.91. The Morgan fingerprint density at radius 3 is 2.13 bits per heavy atom. The van der Waals surface area contributed by atoms with Crippen LogP contribution in [0.2, 0.25) is 0 Å². The van der Waals surface area contributed by atoms with Crippen LogP contribution in [0.5, 0.6) is 0 Å². The zero-order chi connectivity index (χ0) is 10.9. The molecule has 1 aliphatic carbocycles. The average Bonchev–Trinajstić information content (AvgIpc) is 2.20. The van der Waals surface area contributed by atoms with Gasteiger partial charge in [-0.05, 0) is 39.7 Å². The van der Waals surface area contributed by atoms with Gasteiger partial charge in [0.1, 0.15) is 0 Å². The van der Waals surface area contributed by atoms with Gasteiger partial charge in [-0.25, -0.2) is 0 Å². The molecule has 1 saturated carbocycles. The molecular formula is C12H24N2O. The van der Waals surface area contributed by atoms with E-state index in [2.05, 4.69) is 16.8 Å². The van der Waals surface area contributed by atoms with Crippen LogP contribution in [0, 0.1) is 0 Å². The van der Waals surface area contributed by atoms with Crippen LogP contribution in [0.25, 0.3) is 0 Å². The van der Waals surface area contributed by atoms with Gasteiger partial charge in [0.15, 0.2) is 0 Å². The van der Waals surface area contributed by atoms with Crippen LogP contribution in [0.15, 0.2) is 0 Å². The molecule has 0 atom stereocenters. The molecular weight excluding hydrogens is 188 g/mol. The topological polar surface area (TPSA) is 26.7 Å². The second kappa shape index (κ2) is 4.40. The van der Waals surface area contributed by atoms with Gasteiger partial charge in [-0.15, -0.1) is 0 Å². The molecule has 0 bridgehead atoms. The van der Waals surface area contributed by atoms with Gasteiger partial charge < -0.3 is 10.0 Å². The fraction of sp³-hybridized carbons (Fsp3) is 1.00. The highest BCUT2D eigenvalue weighted by atomic mass is 16.3. The zero-order valence-corrected chi connectivity index (χ0v) is 10.1. The SMILES string of the molecule is CN1CCN(C2CCC(C)(O)CC2)CC1. The molecule has 0 amide bonds. The molecule has 0 unspecified atom stereocenters. The first-order valence-corrected chi connectivity index (χ1v) is 6.22. The fourth-order valence-electron chi connectivity index (χ4n) is 2.78. The Hall–Kier alpha value is -0.120. The van der Waals surface area contributed by atoms with E-state index in [1.54, 1.807) is 0 Å². The van der Waals surface area contributed by atoms with Crippen molar-refractivity contribution in [3.63, 3.8) is 0 Å². The molecule has 3 heteroatoms. The highest BCUT2D eigenvalue weighted by molar-refractivity contribution is 4.87. The smallest absolute Gasteiger partial charge is 0.0621 e. The fourth-order valence-corrected chi connectivity index (χ4v) is 2.78. The first kappa shape index (κ1) is 11.4. The van der Waals surface area contributed by atoms with E-state index in [4.69, 9.17) is 0 Å². The lowest BCUT2D eigenvalue weighted by atomic mass is 9.83. The monoisotopic (exact) mass is 212 g/mol. The minimum Gasteiger partial charge on any atom is -0.390 e. The van der Waals surface area contributed by atoms with E-state index in [0.717, 1.165) is 18.9 Å². The van der Waals surface area contributed by atoms with Crippen molar-refractivity contribution in [2.75, 3.05) is 33.2 Å². The minimum absolute atomic E-state index is 0.386. The van der Waals surface area contributed by atoms with E-state index in [1.807, 2.05) is 6.92 Å². The number of piperazine rings is 1. The van der Waals surface area contributed by atoms with Gasteiger partial charge in [0.2, 0.25) is 0 Å². The Kier molecular flexibility index (Phi) is 3.33. The van der Waals surface area contributed by atoms with E-state index < -0.39 is 0 Å². The van der Waals surface area contributed by atoms with Gasteiger partial charge in [-0.2, -0.15) is 0 Å². The number of likely N-dealkylation sites (N-methyl/N-ethyl adjacent to an activating group) is 1. The number of hydrogen-bond acceptors (Lipinski definition) is 3. The minimum atomic E-state index is -0.386. The van der Waals surface area contributed by atoms with Crippen LogP contribution in [-0.2, 0) is 0 Å². The molecule has 3 nitrogen and oxygen atoms in total. The third kappa shape index (κ3) is 2.92. The third-order valence-electron chi connectivity index (χ3n) is 4.09. The molecule has 2 aliphatic rings. The van der Waals surface area contributed by atoms with Crippen LogP contribution < -0.4 is 0 Å². The molecule has 15 heavy (non-hydrogen) atoms. The first-order valence-electron chi connectivity index (χ1n) is 6.22. The maximum Gasteiger partial charge on any atom is 0.0621 e. The molecule has 2 rings (SSSR count). The number of rotatable bonds is 1. The molecule has 88 valence electrons. The summed E-state index contributed by atoms with van der Waals surface area (Å²) >= 11 is 0. The second-order valence-electron chi connectivity index (χ2n) is 5.57. The molecule has 1 saturated heterocycles. The maximum absolute atomic E-state index is 9.91. The normalized spacial score (nSPS) is 40.6. The Morgan fingerprint density at radius 2 is 1.60 bits per heavy atom. The third-order valence-corrected chi connectivity index (χ3v) is 4.09. The van der Waals surface area contributed by atoms with Gasteiger partial charge in [0, 0.05) is 32.2 Å². The quantitative estimate of drug-likeness (QED) is 0.700. The van der Waals surface area contributed by atoms with E-state index in [9.17, 15) is 5.11 Å². The average molecular weight is 212 g/mol. The molecule has 0 aromatic carbocycles. The maximum atomic E-state index is 9.91. The Bertz CT molecular complexity index is 200. The summed E-state index contributed by atoms with van der Waals surface area (Å²) in [4.78, 5) is 5.02. The predicted octanol–water partition coefficient (Wildman–Crippen LogP) is 0.927. The van der Waals surface area contributed by atoms with Crippen molar-refractivity contribution in [2.45, 2.75) is 44.2 Å². The van der Waals surface area contributed by atoms with Gasteiger partial charge in [0.25, 0.3) is 0 Å². The van der Waals surface area contributed by atoms with Crippen LogP contribution in [0.3, 0.4) is 0 Å². The highest BCUT2D eigenvalue weighted by Crippen LogP contribution is 2.30. The summed E-state index contributed by atoms with van der Waals surface area (Å²) < 4.78 is 0. The molecule has 1 N–H and O–H groups in total. The van der Waals surface area contributed by atoms with Crippen molar-refractivity contribution in [3.05, 3.63) is 0 Å². The zero-order valence-electron chi connectivity index (χ0n) is 10.1. The molecule has 0 aromatic rings. The Morgan fingerprint density at radius 1 is 1.07 bits per heavy atom. The molecule has 1 aliphatic heterocycles. The summed E-state index contributed by atoms with van der Waals surface area (Å²) in [5.74, 6) is 0. The van der Waals surface area contributed by atoms with Crippen molar-refractivity contribution < 1.29 is 5.11 Å². The van der Waals surface area contributed by atoms with E-state index in [-0.39, 0.29) is 5.60 Å². The van der Waals surface area contributed by atoms with Gasteiger partial charge in [-0.3, -0.25) is 4.90 Å². The Labute approximate surface area is 93.1 Å². The van der Waals surface area contributed by atoms with Crippen molar-refractivity contribution in [1.29, 1.82) is 0 Å². The molecule has 2 fully saturated rings. The molecule has 0 spiro atoms. The summed E-state index contributed by atoms with van der Waals surface area (Å²) in [6, 6.07) is 0.735. The van der Waals surface area contributed by atoms with Gasteiger partial charge in [-0.1, -0.05) is 0 Å². The largest absolute Gasteiger partial charge is 0.390 e. The molecule has 1 heterocycles. The Balaban J connectivity index is 1.80. The van der Waals surface area contributed by atoms with Crippen LogP contribution in [-0.4, -0.2) is 59.8 Å². The highest BCUT2D eigenvalue weighted by Gasteiger charge is 2.32. The first-order chi connectivity index (χ1) is 7.07. The van der Waals surface area contributed by atoms with E-state index >= 15 is 0 Å². The van der Waals surface area contributed by atoms with Gasteiger partial charge >= 0.3 is 0 Å². The summed E-state index contributed by atoms with van der Waals surface area (Å²) in [6.45, 7) is 6.81.